The molecule has 37 heavy (non-hydrogen) atoms. The number of amides is 1. The molecule has 6 nitrogen and oxygen atoms in total. The number of carbonyl (C=O) groups is 1. The molecule has 0 radical (unpaired) electrons. The van der Waals surface area contributed by atoms with Crippen LogP contribution >= 0.6 is 0 Å². The van der Waals surface area contributed by atoms with Crippen LogP contribution in [0.3, 0.4) is 0 Å². The van der Waals surface area contributed by atoms with Crippen LogP contribution in [0.15, 0.2) is 108 Å². The lowest BCUT2D eigenvalue weighted by Gasteiger charge is -2.40. The van der Waals surface area contributed by atoms with Crippen molar-refractivity contribution in [1.29, 1.82) is 0 Å². The zero-order valence-electron chi connectivity index (χ0n) is 20.9. The summed E-state index contributed by atoms with van der Waals surface area (Å²) in [5.74, 6) is -0.178. The molecule has 0 spiro atoms. The molecule has 7 heteroatoms. The number of carbonyl (C=O) groups excluding carboxylic acids is 1. The number of sulfonamides is 1. The molecule has 1 fully saturated rings. The van der Waals surface area contributed by atoms with Crippen molar-refractivity contribution >= 4 is 26.7 Å². The summed E-state index contributed by atoms with van der Waals surface area (Å²) in [6.07, 6.45) is 0. The van der Waals surface area contributed by atoms with E-state index in [1.54, 1.807) is 23.1 Å². The van der Waals surface area contributed by atoms with Crippen LogP contribution in [0.2, 0.25) is 0 Å². The summed E-state index contributed by atoms with van der Waals surface area (Å²) in [4.78, 5) is 17.5. The Balaban J connectivity index is 1.25. The maximum atomic E-state index is 13.2. The van der Waals surface area contributed by atoms with Gasteiger partial charge in [0.2, 0.25) is 15.9 Å². The first-order valence-electron chi connectivity index (χ1n) is 12.5. The summed E-state index contributed by atoms with van der Waals surface area (Å²) in [6.45, 7) is 2.34. The van der Waals surface area contributed by atoms with E-state index in [-0.39, 0.29) is 23.4 Å². The highest BCUT2D eigenvalue weighted by Crippen LogP contribution is 2.29. The predicted octanol–water partition coefficient (Wildman–Crippen LogP) is 4.39. The van der Waals surface area contributed by atoms with Gasteiger partial charge in [-0.2, -0.15) is 4.31 Å². The van der Waals surface area contributed by atoms with Gasteiger partial charge in [-0.3, -0.25) is 9.69 Å². The van der Waals surface area contributed by atoms with Crippen LogP contribution in [0.25, 0.3) is 10.8 Å². The monoisotopic (exact) mass is 513 g/mol. The molecule has 0 N–H and O–H groups in total. The summed E-state index contributed by atoms with van der Waals surface area (Å²) in [5.41, 5.74) is 2.43. The molecule has 1 heterocycles. The highest BCUT2D eigenvalue weighted by Gasteiger charge is 2.30. The van der Waals surface area contributed by atoms with Gasteiger partial charge in [0.15, 0.2) is 0 Å². The predicted molar refractivity (Wildman–Crippen MR) is 147 cm³/mol. The quantitative estimate of drug-likeness (QED) is 0.368. The fraction of sp³-hybridized carbons (Fsp3) is 0.233. The normalized spacial score (nSPS) is 14.9. The molecule has 0 bridgehead atoms. The van der Waals surface area contributed by atoms with Gasteiger partial charge < -0.3 is 4.90 Å². The van der Waals surface area contributed by atoms with Gasteiger partial charge in [0, 0.05) is 33.2 Å². The first-order chi connectivity index (χ1) is 17.9. The highest BCUT2D eigenvalue weighted by atomic mass is 32.2. The van der Waals surface area contributed by atoms with Gasteiger partial charge in [0.05, 0.1) is 17.5 Å². The van der Waals surface area contributed by atoms with Crippen LogP contribution in [-0.4, -0.2) is 68.2 Å². The van der Waals surface area contributed by atoms with Crippen LogP contribution in [0.1, 0.15) is 17.2 Å². The van der Waals surface area contributed by atoms with Gasteiger partial charge in [-0.1, -0.05) is 91.0 Å². The molecule has 0 aliphatic carbocycles. The number of rotatable bonds is 7. The lowest BCUT2D eigenvalue weighted by molar-refractivity contribution is -0.133. The maximum absolute atomic E-state index is 13.2. The van der Waals surface area contributed by atoms with E-state index in [1.807, 2.05) is 36.4 Å². The van der Waals surface area contributed by atoms with Crippen molar-refractivity contribution in [2.75, 3.05) is 39.8 Å². The summed E-state index contributed by atoms with van der Waals surface area (Å²) in [5, 5.41) is 1.83. The van der Waals surface area contributed by atoms with Crippen LogP contribution < -0.4 is 0 Å². The Hall–Kier alpha value is -3.52. The Labute approximate surface area is 218 Å². The third-order valence-electron chi connectivity index (χ3n) is 7.05. The first kappa shape index (κ1) is 25.1. The Morgan fingerprint density at radius 1 is 0.757 bits per heavy atom. The summed E-state index contributed by atoms with van der Waals surface area (Å²) < 4.78 is 27.5. The number of likely N-dealkylation sites (N-methyl/N-ethyl adjacent to an activating group) is 1. The molecule has 1 saturated heterocycles. The smallest absolute Gasteiger partial charge is 0.243 e. The van der Waals surface area contributed by atoms with Crippen molar-refractivity contribution in [3.05, 3.63) is 114 Å². The third-order valence-corrected chi connectivity index (χ3v) is 8.85. The standard InChI is InChI=1S/C30H31N3O3S/c1-31(37(35,36)28-17-16-24-10-8-9-15-27(24)22-28)23-29(34)32-18-20-33(21-19-32)30(25-11-4-2-5-12-25)26-13-6-3-7-14-26/h2-17,22,30H,18-21,23H2,1H3. The zero-order chi connectivity index (χ0) is 25.8. The molecular weight excluding hydrogens is 482 g/mol. The van der Waals surface area contributed by atoms with Crippen molar-refractivity contribution in [2.24, 2.45) is 0 Å². The van der Waals surface area contributed by atoms with E-state index in [0.717, 1.165) is 15.1 Å². The van der Waals surface area contributed by atoms with Crippen LogP contribution in [0.4, 0.5) is 0 Å². The molecule has 1 aliphatic rings. The number of nitrogens with zero attached hydrogens (tertiary/aromatic N) is 3. The topological polar surface area (TPSA) is 60.9 Å². The maximum Gasteiger partial charge on any atom is 0.243 e. The SMILES string of the molecule is CN(CC(=O)N1CCN(C(c2ccccc2)c2ccccc2)CC1)S(=O)(=O)c1ccc2ccccc2c1. The second-order valence-corrected chi connectivity index (χ2v) is 11.5. The molecule has 4 aromatic rings. The van der Waals surface area contributed by atoms with Crippen LogP contribution in [0.5, 0.6) is 0 Å². The van der Waals surface area contributed by atoms with E-state index in [4.69, 9.17) is 0 Å². The fourth-order valence-electron chi connectivity index (χ4n) is 5.00. The molecule has 1 amide bonds. The van der Waals surface area contributed by atoms with E-state index in [9.17, 15) is 13.2 Å². The van der Waals surface area contributed by atoms with Crippen LogP contribution in [0, 0.1) is 0 Å². The molecule has 0 unspecified atom stereocenters. The molecule has 1 aliphatic heterocycles. The number of fused-ring (bicyclic) bond motifs is 1. The minimum absolute atomic E-state index is 0.107. The van der Waals surface area contributed by atoms with E-state index in [1.165, 1.54) is 18.2 Å². The minimum Gasteiger partial charge on any atom is -0.339 e. The Bertz CT molecular complexity index is 1430. The molecular formula is C30H31N3O3S. The zero-order valence-corrected chi connectivity index (χ0v) is 21.7. The van der Waals surface area contributed by atoms with E-state index < -0.39 is 10.0 Å². The number of piperazine rings is 1. The molecule has 190 valence electrons. The lowest BCUT2D eigenvalue weighted by atomic mass is 9.96. The van der Waals surface area contributed by atoms with Crippen molar-refractivity contribution < 1.29 is 13.2 Å². The number of benzene rings is 4. The van der Waals surface area contributed by atoms with Gasteiger partial charge >= 0.3 is 0 Å². The van der Waals surface area contributed by atoms with E-state index >= 15 is 0 Å². The summed E-state index contributed by atoms with van der Waals surface area (Å²) >= 11 is 0. The minimum atomic E-state index is -3.79. The van der Waals surface area contributed by atoms with Gasteiger partial charge in [0.1, 0.15) is 0 Å². The van der Waals surface area contributed by atoms with Crippen molar-refractivity contribution in [3.8, 4) is 0 Å². The van der Waals surface area contributed by atoms with Gasteiger partial charge in [-0.15, -0.1) is 0 Å². The first-order valence-corrected chi connectivity index (χ1v) is 13.9. The second-order valence-electron chi connectivity index (χ2n) is 9.41. The van der Waals surface area contributed by atoms with Crippen LogP contribution in [-0.2, 0) is 14.8 Å². The molecule has 0 atom stereocenters. The summed E-state index contributed by atoms with van der Waals surface area (Å²) in [7, 11) is -2.31. The van der Waals surface area contributed by atoms with Crippen molar-refractivity contribution in [3.63, 3.8) is 0 Å². The average Bonchev–Trinajstić information content (AvgIpc) is 2.94. The fourth-order valence-corrected chi connectivity index (χ4v) is 6.15. The second kappa shape index (κ2) is 10.8. The lowest BCUT2D eigenvalue weighted by Crippen LogP contribution is -2.52. The molecule has 0 aromatic heterocycles. The Kier molecular flexibility index (Phi) is 7.37. The van der Waals surface area contributed by atoms with Crippen molar-refractivity contribution in [1.82, 2.24) is 14.1 Å². The van der Waals surface area contributed by atoms with Crippen molar-refractivity contribution in [2.45, 2.75) is 10.9 Å². The molecule has 4 aromatic carbocycles. The van der Waals surface area contributed by atoms with Gasteiger partial charge in [0.25, 0.3) is 0 Å². The van der Waals surface area contributed by atoms with Gasteiger partial charge in [-0.25, -0.2) is 8.42 Å². The average molecular weight is 514 g/mol. The largest absolute Gasteiger partial charge is 0.339 e. The number of hydrogen-bond acceptors (Lipinski definition) is 4. The van der Waals surface area contributed by atoms with Gasteiger partial charge in [-0.05, 0) is 34.0 Å². The Morgan fingerprint density at radius 2 is 1.30 bits per heavy atom. The summed E-state index contributed by atoms with van der Waals surface area (Å²) in [6, 6.07) is 33.6. The highest BCUT2D eigenvalue weighted by molar-refractivity contribution is 7.89. The third kappa shape index (κ3) is 5.44. The number of hydrogen-bond donors (Lipinski definition) is 0. The Morgan fingerprint density at radius 3 is 1.89 bits per heavy atom. The van der Waals surface area contributed by atoms with E-state index in [0.29, 0.717) is 26.2 Å². The molecule has 5 rings (SSSR count). The molecule has 0 saturated carbocycles. The van der Waals surface area contributed by atoms with E-state index in [2.05, 4.69) is 53.4 Å².